The van der Waals surface area contributed by atoms with E-state index in [-0.39, 0.29) is 0 Å². The Balaban J connectivity index is 1.65. The Bertz CT molecular complexity index is 333. The third-order valence-electron chi connectivity index (χ3n) is 8.11. The minimum atomic E-state index is 1.02. The van der Waals surface area contributed by atoms with Gasteiger partial charge in [0, 0.05) is 0 Å². The van der Waals surface area contributed by atoms with E-state index >= 15 is 0 Å². The van der Waals surface area contributed by atoms with Crippen molar-refractivity contribution in [2.45, 2.75) is 71.6 Å². The summed E-state index contributed by atoms with van der Waals surface area (Å²) in [5.41, 5.74) is 0. The number of rotatable bonds is 0. The molecule has 6 unspecified atom stereocenters. The van der Waals surface area contributed by atoms with Crippen LogP contribution in [0.2, 0.25) is 0 Å². The van der Waals surface area contributed by atoms with Gasteiger partial charge in [-0.25, -0.2) is 0 Å². The maximum atomic E-state index is 2.63. The summed E-state index contributed by atoms with van der Waals surface area (Å²) in [7, 11) is 0. The van der Waals surface area contributed by atoms with E-state index in [1.54, 1.807) is 51.4 Å². The molecule has 0 heteroatoms. The third-order valence-corrected chi connectivity index (χ3v) is 8.11. The first-order chi connectivity index (χ1) is 9.27. The Labute approximate surface area is 119 Å². The molecule has 4 aliphatic carbocycles. The summed E-state index contributed by atoms with van der Waals surface area (Å²) in [6, 6.07) is 0. The van der Waals surface area contributed by atoms with Crippen LogP contribution in [0.1, 0.15) is 71.6 Å². The number of hydrogen-bond donors (Lipinski definition) is 0. The van der Waals surface area contributed by atoms with Crippen molar-refractivity contribution in [1.29, 1.82) is 0 Å². The predicted molar refractivity (Wildman–Crippen MR) is 80.8 cm³/mol. The monoisotopic (exact) mass is 260 g/mol. The topological polar surface area (TPSA) is 0 Å². The minimum Gasteiger partial charge on any atom is -0.0620 e. The second-order valence-electron chi connectivity index (χ2n) is 8.50. The Morgan fingerprint density at radius 2 is 1.26 bits per heavy atom. The van der Waals surface area contributed by atoms with Gasteiger partial charge in [-0.05, 0) is 79.4 Å². The van der Waals surface area contributed by atoms with E-state index in [1.807, 2.05) is 0 Å². The second kappa shape index (κ2) is 4.78. The molecule has 4 saturated carbocycles. The Kier molecular flexibility index (Phi) is 3.20. The van der Waals surface area contributed by atoms with Gasteiger partial charge in [0.05, 0.1) is 0 Å². The van der Waals surface area contributed by atoms with E-state index in [1.165, 1.54) is 6.42 Å². The van der Waals surface area contributed by atoms with Gasteiger partial charge in [-0.15, -0.1) is 0 Å². The molecule has 108 valence electrons. The SMILES string of the molecule is C[C@H]1C2CCCCC2C2CCC3CCCC3C2[C@@H]1C. The highest BCUT2D eigenvalue weighted by Crippen LogP contribution is 2.61. The van der Waals surface area contributed by atoms with Gasteiger partial charge < -0.3 is 0 Å². The van der Waals surface area contributed by atoms with Crippen molar-refractivity contribution in [3.05, 3.63) is 0 Å². The molecule has 0 spiro atoms. The van der Waals surface area contributed by atoms with Crippen LogP contribution in [0.15, 0.2) is 0 Å². The van der Waals surface area contributed by atoms with Crippen molar-refractivity contribution < 1.29 is 0 Å². The standard InChI is InChI=1S/C19H32/c1-12-13(2)19-16-9-5-6-14(16)10-11-18(19)17-8-4-3-7-15(12)17/h12-19H,3-11H2,1-2H3/t12-,13-,14?,15?,16?,17?,18?,19?/m1/s1. The lowest BCUT2D eigenvalue weighted by Crippen LogP contribution is -2.50. The second-order valence-corrected chi connectivity index (χ2v) is 8.50. The molecule has 0 amide bonds. The molecule has 0 N–H and O–H groups in total. The van der Waals surface area contributed by atoms with E-state index in [2.05, 4.69) is 13.8 Å². The molecule has 0 aromatic carbocycles. The van der Waals surface area contributed by atoms with Crippen LogP contribution in [0.4, 0.5) is 0 Å². The summed E-state index contributed by atoms with van der Waals surface area (Å²) in [6.45, 7) is 5.25. The smallest absolute Gasteiger partial charge is 0.0324 e. The maximum Gasteiger partial charge on any atom is -0.0324 e. The Morgan fingerprint density at radius 1 is 0.526 bits per heavy atom. The molecule has 4 fully saturated rings. The first kappa shape index (κ1) is 12.7. The van der Waals surface area contributed by atoms with Gasteiger partial charge in [0.2, 0.25) is 0 Å². The molecule has 0 radical (unpaired) electrons. The highest BCUT2D eigenvalue weighted by Gasteiger charge is 2.53. The zero-order valence-corrected chi connectivity index (χ0v) is 13.0. The van der Waals surface area contributed by atoms with Crippen molar-refractivity contribution >= 4 is 0 Å². The van der Waals surface area contributed by atoms with Crippen LogP contribution in [0.5, 0.6) is 0 Å². The fourth-order valence-electron chi connectivity index (χ4n) is 7.24. The Hall–Kier alpha value is 0. The molecule has 0 nitrogen and oxygen atoms in total. The van der Waals surface area contributed by atoms with Gasteiger partial charge in [-0.2, -0.15) is 0 Å². The molecule has 0 heterocycles. The van der Waals surface area contributed by atoms with Crippen molar-refractivity contribution in [3.63, 3.8) is 0 Å². The van der Waals surface area contributed by atoms with Crippen LogP contribution < -0.4 is 0 Å². The normalized spacial score (nSPS) is 57.2. The first-order valence-electron chi connectivity index (χ1n) is 9.27. The lowest BCUT2D eigenvalue weighted by Gasteiger charge is -2.57. The van der Waals surface area contributed by atoms with E-state index in [0.29, 0.717) is 0 Å². The fourth-order valence-corrected chi connectivity index (χ4v) is 7.24. The fraction of sp³-hybridized carbons (Fsp3) is 1.00. The predicted octanol–water partition coefficient (Wildman–Crippen LogP) is 5.52. The quantitative estimate of drug-likeness (QED) is 0.538. The minimum absolute atomic E-state index is 1.02. The van der Waals surface area contributed by atoms with E-state index in [0.717, 1.165) is 47.3 Å². The van der Waals surface area contributed by atoms with Gasteiger partial charge in [0.25, 0.3) is 0 Å². The van der Waals surface area contributed by atoms with Gasteiger partial charge in [0.15, 0.2) is 0 Å². The molecule has 0 bridgehead atoms. The lowest BCUT2D eigenvalue weighted by atomic mass is 9.48. The van der Waals surface area contributed by atoms with Crippen LogP contribution in [0.25, 0.3) is 0 Å². The van der Waals surface area contributed by atoms with E-state index in [4.69, 9.17) is 0 Å². The van der Waals surface area contributed by atoms with Crippen LogP contribution in [0.3, 0.4) is 0 Å². The van der Waals surface area contributed by atoms with Gasteiger partial charge in [0.1, 0.15) is 0 Å². The molecule has 4 aliphatic rings. The molecule has 0 aromatic heterocycles. The molecular formula is C19H32. The summed E-state index contributed by atoms with van der Waals surface area (Å²) in [5, 5.41) is 0. The van der Waals surface area contributed by atoms with E-state index < -0.39 is 0 Å². The van der Waals surface area contributed by atoms with Crippen LogP contribution in [-0.2, 0) is 0 Å². The molecule has 0 saturated heterocycles. The maximum absolute atomic E-state index is 2.63. The largest absolute Gasteiger partial charge is 0.0620 e. The van der Waals surface area contributed by atoms with Gasteiger partial charge in [-0.1, -0.05) is 39.5 Å². The number of hydrogen-bond acceptors (Lipinski definition) is 0. The van der Waals surface area contributed by atoms with Crippen LogP contribution in [0, 0.1) is 47.3 Å². The number of fused-ring (bicyclic) bond motifs is 5. The van der Waals surface area contributed by atoms with Crippen molar-refractivity contribution in [2.24, 2.45) is 47.3 Å². The van der Waals surface area contributed by atoms with Gasteiger partial charge >= 0.3 is 0 Å². The zero-order valence-electron chi connectivity index (χ0n) is 13.0. The molecule has 0 aliphatic heterocycles. The van der Waals surface area contributed by atoms with Crippen molar-refractivity contribution in [3.8, 4) is 0 Å². The first-order valence-corrected chi connectivity index (χ1v) is 9.27. The van der Waals surface area contributed by atoms with E-state index in [9.17, 15) is 0 Å². The molecule has 19 heavy (non-hydrogen) atoms. The highest BCUT2D eigenvalue weighted by molar-refractivity contribution is 5.02. The van der Waals surface area contributed by atoms with Crippen LogP contribution >= 0.6 is 0 Å². The van der Waals surface area contributed by atoms with Crippen LogP contribution in [-0.4, -0.2) is 0 Å². The third kappa shape index (κ3) is 1.84. The lowest BCUT2D eigenvalue weighted by molar-refractivity contribution is -0.0844. The highest BCUT2D eigenvalue weighted by atomic mass is 14.6. The van der Waals surface area contributed by atoms with Gasteiger partial charge in [-0.3, -0.25) is 0 Å². The summed E-state index contributed by atoms with van der Waals surface area (Å²) in [6.07, 6.45) is 14.1. The molecule has 0 aromatic rings. The molecular weight excluding hydrogens is 228 g/mol. The Morgan fingerprint density at radius 3 is 2.11 bits per heavy atom. The van der Waals surface area contributed by atoms with Crippen molar-refractivity contribution in [2.75, 3.05) is 0 Å². The summed E-state index contributed by atoms with van der Waals surface area (Å²) in [4.78, 5) is 0. The van der Waals surface area contributed by atoms with Crippen molar-refractivity contribution in [1.82, 2.24) is 0 Å². The molecule has 8 atom stereocenters. The summed E-state index contributed by atoms with van der Waals surface area (Å²) >= 11 is 0. The summed E-state index contributed by atoms with van der Waals surface area (Å²) in [5.74, 6) is 8.80. The zero-order chi connectivity index (χ0) is 13.0. The average Bonchev–Trinajstić information content (AvgIpc) is 2.92. The summed E-state index contributed by atoms with van der Waals surface area (Å²) < 4.78 is 0. The average molecular weight is 260 g/mol. The molecule has 4 rings (SSSR count).